The number of carboxylic acids is 1. The zero-order valence-corrected chi connectivity index (χ0v) is 17.2. The first kappa shape index (κ1) is 21.6. The van der Waals surface area contributed by atoms with Crippen LogP contribution in [0.5, 0.6) is 5.75 Å². The van der Waals surface area contributed by atoms with E-state index in [0.717, 1.165) is 11.1 Å². The third-order valence-electron chi connectivity index (χ3n) is 4.67. The van der Waals surface area contributed by atoms with Gasteiger partial charge < -0.3 is 15.2 Å². The molecule has 0 radical (unpaired) electrons. The van der Waals surface area contributed by atoms with Crippen LogP contribution < -0.4 is 15.5 Å². The van der Waals surface area contributed by atoms with Crippen molar-refractivity contribution in [2.45, 2.75) is 19.8 Å². The number of amides is 2. The Morgan fingerprint density at radius 1 is 0.935 bits per heavy atom. The molecule has 8 heteroatoms. The fourth-order valence-electron chi connectivity index (χ4n) is 3.01. The molecular formula is C23H23N3O5. The maximum absolute atomic E-state index is 12.6. The molecular weight excluding hydrogens is 398 g/mol. The summed E-state index contributed by atoms with van der Waals surface area (Å²) in [6.07, 6.45) is 0.0723. The van der Waals surface area contributed by atoms with E-state index < -0.39 is 17.8 Å². The smallest absolute Gasteiger partial charge is 0.328 e. The Hall–Kier alpha value is -4.07. The zero-order valence-electron chi connectivity index (χ0n) is 17.2. The van der Waals surface area contributed by atoms with Gasteiger partial charge in [-0.2, -0.15) is 0 Å². The predicted molar refractivity (Wildman–Crippen MR) is 117 cm³/mol. The Morgan fingerprint density at radius 2 is 1.61 bits per heavy atom. The summed E-state index contributed by atoms with van der Waals surface area (Å²) in [6.45, 7) is 1.92. The van der Waals surface area contributed by atoms with E-state index in [4.69, 9.17) is 9.84 Å². The van der Waals surface area contributed by atoms with Crippen LogP contribution >= 0.6 is 0 Å². The van der Waals surface area contributed by atoms with Crippen molar-refractivity contribution in [3.8, 4) is 17.0 Å². The first-order chi connectivity index (χ1) is 14.9. The van der Waals surface area contributed by atoms with Crippen LogP contribution in [-0.4, -0.2) is 34.7 Å². The molecule has 1 aromatic heterocycles. The average Bonchev–Trinajstić information content (AvgIpc) is 3.16. The van der Waals surface area contributed by atoms with Gasteiger partial charge in [-0.3, -0.25) is 24.5 Å². The molecule has 31 heavy (non-hydrogen) atoms. The highest BCUT2D eigenvalue weighted by Crippen LogP contribution is 2.25. The number of hydrogen-bond acceptors (Lipinski definition) is 4. The highest BCUT2D eigenvalue weighted by molar-refractivity contribution is 6.42. The molecule has 0 fully saturated rings. The van der Waals surface area contributed by atoms with Gasteiger partial charge in [-0.1, -0.05) is 17.7 Å². The number of benzene rings is 2. The van der Waals surface area contributed by atoms with Crippen molar-refractivity contribution < 1.29 is 24.2 Å². The summed E-state index contributed by atoms with van der Waals surface area (Å²) in [5.41, 5.74) is 6.05. The topological polar surface area (TPSA) is 110 Å². The van der Waals surface area contributed by atoms with Gasteiger partial charge >= 0.3 is 17.8 Å². The molecule has 3 rings (SSSR count). The van der Waals surface area contributed by atoms with E-state index >= 15 is 0 Å². The molecule has 3 aromatic rings. The van der Waals surface area contributed by atoms with Crippen LogP contribution in [0.2, 0.25) is 0 Å². The Balaban J connectivity index is 1.84. The van der Waals surface area contributed by atoms with Crippen molar-refractivity contribution in [3.05, 3.63) is 71.9 Å². The van der Waals surface area contributed by atoms with Crippen LogP contribution in [0.4, 0.5) is 5.69 Å². The summed E-state index contributed by atoms with van der Waals surface area (Å²) in [4.78, 5) is 36.0. The number of anilines is 1. The van der Waals surface area contributed by atoms with Gasteiger partial charge in [-0.25, -0.2) is 0 Å². The van der Waals surface area contributed by atoms with Crippen molar-refractivity contribution in [2.24, 2.45) is 0 Å². The normalized spacial score (nSPS) is 10.4. The predicted octanol–water partition coefficient (Wildman–Crippen LogP) is 3.20. The first-order valence-electron chi connectivity index (χ1n) is 9.63. The molecule has 2 aromatic carbocycles. The Kier molecular flexibility index (Phi) is 6.71. The molecule has 0 saturated heterocycles. The quantitative estimate of drug-likeness (QED) is 0.508. The zero-order chi connectivity index (χ0) is 22.4. The second-order valence-corrected chi connectivity index (χ2v) is 6.93. The fourth-order valence-corrected chi connectivity index (χ4v) is 3.01. The molecule has 160 valence electrons. The van der Waals surface area contributed by atoms with E-state index in [-0.39, 0.29) is 12.8 Å². The minimum absolute atomic E-state index is 0.114. The van der Waals surface area contributed by atoms with Crippen molar-refractivity contribution in [1.29, 1.82) is 0 Å². The van der Waals surface area contributed by atoms with Crippen LogP contribution in [0, 0.1) is 6.92 Å². The second-order valence-electron chi connectivity index (χ2n) is 6.93. The van der Waals surface area contributed by atoms with E-state index in [0.29, 0.717) is 22.8 Å². The minimum atomic E-state index is -0.956. The Labute approximate surface area is 179 Å². The number of ether oxygens (including phenoxy) is 1. The molecule has 0 atom stereocenters. The lowest BCUT2D eigenvalue weighted by Gasteiger charge is -2.15. The maximum atomic E-state index is 12.6. The number of aromatic nitrogens is 1. The van der Waals surface area contributed by atoms with Crippen LogP contribution in [0.1, 0.15) is 17.7 Å². The van der Waals surface area contributed by atoms with Crippen LogP contribution in [0.15, 0.2) is 60.7 Å². The lowest BCUT2D eigenvalue weighted by molar-refractivity contribution is -0.137. The van der Waals surface area contributed by atoms with Gasteiger partial charge in [0.2, 0.25) is 0 Å². The molecule has 0 saturated carbocycles. The Bertz CT molecular complexity index is 1090. The van der Waals surface area contributed by atoms with E-state index in [2.05, 4.69) is 10.7 Å². The van der Waals surface area contributed by atoms with Gasteiger partial charge in [0.05, 0.1) is 19.2 Å². The number of carboxylic acid groups (broad SMARTS) is 1. The third kappa shape index (κ3) is 5.51. The standard InChI is InChI=1S/C23H23N3O5/c1-15-3-7-17(8-4-15)24-22(29)23(30)25-26-18(10-14-21(27)28)9-13-20(26)16-5-11-19(31-2)12-6-16/h3-9,11-13H,10,14H2,1-2H3,(H,24,29)(H,25,30)(H,27,28). The molecule has 0 aliphatic heterocycles. The van der Waals surface area contributed by atoms with Crippen LogP contribution in [0.25, 0.3) is 11.3 Å². The molecule has 0 aliphatic carbocycles. The van der Waals surface area contributed by atoms with Gasteiger partial charge in [-0.15, -0.1) is 0 Å². The SMILES string of the molecule is COc1ccc(-c2ccc(CCC(=O)O)n2NC(=O)C(=O)Nc2ccc(C)cc2)cc1. The second kappa shape index (κ2) is 9.62. The van der Waals surface area contributed by atoms with E-state index in [1.807, 2.05) is 31.2 Å². The summed E-state index contributed by atoms with van der Waals surface area (Å²) in [5.74, 6) is -1.98. The van der Waals surface area contributed by atoms with Crippen molar-refractivity contribution in [2.75, 3.05) is 17.9 Å². The Morgan fingerprint density at radius 3 is 2.23 bits per heavy atom. The highest BCUT2D eigenvalue weighted by atomic mass is 16.5. The lowest BCUT2D eigenvalue weighted by atomic mass is 10.1. The molecule has 0 spiro atoms. The molecule has 0 aliphatic rings. The monoisotopic (exact) mass is 421 g/mol. The number of nitrogens with one attached hydrogen (secondary N) is 2. The molecule has 1 heterocycles. The van der Waals surface area contributed by atoms with Crippen molar-refractivity contribution >= 4 is 23.5 Å². The van der Waals surface area contributed by atoms with E-state index in [9.17, 15) is 14.4 Å². The summed E-state index contributed by atoms with van der Waals surface area (Å²) >= 11 is 0. The summed E-state index contributed by atoms with van der Waals surface area (Å²) in [6, 6.07) is 17.7. The van der Waals surface area contributed by atoms with Gasteiger partial charge in [0, 0.05) is 23.4 Å². The van der Waals surface area contributed by atoms with E-state index in [1.54, 1.807) is 43.5 Å². The van der Waals surface area contributed by atoms with Gasteiger partial charge in [0.15, 0.2) is 0 Å². The molecule has 0 unspecified atom stereocenters. The molecule has 2 amide bonds. The number of aryl methyl sites for hydroxylation is 2. The summed E-state index contributed by atoms with van der Waals surface area (Å²) in [5, 5.41) is 11.6. The number of nitrogens with zero attached hydrogens (tertiary/aromatic N) is 1. The van der Waals surface area contributed by atoms with Gasteiger partial charge in [0.1, 0.15) is 5.75 Å². The van der Waals surface area contributed by atoms with Crippen molar-refractivity contribution in [3.63, 3.8) is 0 Å². The number of carbonyl (C=O) groups is 3. The summed E-state index contributed by atoms with van der Waals surface area (Å²) in [7, 11) is 1.56. The average molecular weight is 421 g/mol. The summed E-state index contributed by atoms with van der Waals surface area (Å²) < 4.78 is 6.62. The molecule has 3 N–H and O–H groups in total. The van der Waals surface area contributed by atoms with Crippen molar-refractivity contribution in [1.82, 2.24) is 4.68 Å². The number of carbonyl (C=O) groups excluding carboxylic acids is 2. The van der Waals surface area contributed by atoms with Gasteiger partial charge in [-0.05, 0) is 55.5 Å². The number of rotatable bonds is 7. The largest absolute Gasteiger partial charge is 0.497 e. The van der Waals surface area contributed by atoms with Crippen LogP contribution in [-0.2, 0) is 20.8 Å². The number of methoxy groups -OCH3 is 1. The number of hydrogen-bond donors (Lipinski definition) is 3. The van der Waals surface area contributed by atoms with Gasteiger partial charge in [0.25, 0.3) is 0 Å². The maximum Gasteiger partial charge on any atom is 0.328 e. The molecule has 8 nitrogen and oxygen atoms in total. The molecule has 0 bridgehead atoms. The van der Waals surface area contributed by atoms with Crippen LogP contribution in [0.3, 0.4) is 0 Å². The number of aliphatic carboxylic acids is 1. The lowest BCUT2D eigenvalue weighted by Crippen LogP contribution is -2.35. The third-order valence-corrected chi connectivity index (χ3v) is 4.67. The minimum Gasteiger partial charge on any atom is -0.497 e. The fraction of sp³-hybridized carbons (Fsp3) is 0.174. The van der Waals surface area contributed by atoms with E-state index in [1.165, 1.54) is 4.68 Å². The highest BCUT2D eigenvalue weighted by Gasteiger charge is 2.19. The first-order valence-corrected chi connectivity index (χ1v) is 9.63.